The Morgan fingerprint density at radius 3 is 2.62 bits per heavy atom. The lowest BCUT2D eigenvalue weighted by Crippen LogP contribution is -2.30. The molecular formula is C21H17F2N3O3. The fourth-order valence-corrected chi connectivity index (χ4v) is 3.24. The number of fused-ring (bicyclic) bond motifs is 1. The first-order chi connectivity index (χ1) is 13.7. The number of carbonyl (C=O) groups excluding carboxylic acids is 1. The molecule has 0 saturated carbocycles. The minimum absolute atomic E-state index is 0.0721. The molecular weight excluding hydrogens is 380 g/mol. The standard InChI is InChI=1S/C21H17F2N3O3/c1-10-5-12(9-24)3-4-13(10)11(2)25-19(27)7-15-20(28)14-6-16(22)17(23)8-18(14)26-21(15)29/h3-6,8,11H,7H2,1-2H3,(H,25,27)(H2,26,28,29). The van der Waals surface area contributed by atoms with Gasteiger partial charge in [-0.2, -0.15) is 5.26 Å². The molecule has 3 N–H and O–H groups in total. The number of pyridine rings is 1. The number of carbonyl (C=O) groups is 1. The Morgan fingerprint density at radius 1 is 1.28 bits per heavy atom. The summed E-state index contributed by atoms with van der Waals surface area (Å²) in [6.45, 7) is 3.56. The Kier molecular flexibility index (Phi) is 5.33. The van der Waals surface area contributed by atoms with Gasteiger partial charge >= 0.3 is 0 Å². The number of nitrogens with zero attached hydrogens (tertiary/aromatic N) is 1. The van der Waals surface area contributed by atoms with Crippen LogP contribution in [0, 0.1) is 29.9 Å². The number of H-pyrrole nitrogens is 1. The Labute approximate surface area is 164 Å². The largest absolute Gasteiger partial charge is 0.507 e. The maximum atomic E-state index is 13.5. The molecule has 0 spiro atoms. The number of aryl methyl sites for hydroxylation is 1. The van der Waals surface area contributed by atoms with Crippen LogP contribution in [0.3, 0.4) is 0 Å². The molecule has 6 nitrogen and oxygen atoms in total. The van der Waals surface area contributed by atoms with Crippen molar-refractivity contribution in [2.75, 3.05) is 0 Å². The predicted octanol–water partition coefficient (Wildman–Crippen LogP) is 3.11. The van der Waals surface area contributed by atoms with Gasteiger partial charge in [-0.25, -0.2) is 8.78 Å². The number of halogens is 2. The number of aromatic nitrogens is 1. The highest BCUT2D eigenvalue weighted by Gasteiger charge is 2.19. The van der Waals surface area contributed by atoms with Crippen LogP contribution in [0.25, 0.3) is 10.9 Å². The molecule has 29 heavy (non-hydrogen) atoms. The molecule has 0 aliphatic carbocycles. The normalized spacial score (nSPS) is 11.8. The van der Waals surface area contributed by atoms with Crippen LogP contribution in [0.15, 0.2) is 35.1 Å². The monoisotopic (exact) mass is 397 g/mol. The van der Waals surface area contributed by atoms with Crippen molar-refractivity contribution in [2.24, 2.45) is 0 Å². The highest BCUT2D eigenvalue weighted by Crippen LogP contribution is 2.27. The summed E-state index contributed by atoms with van der Waals surface area (Å²) in [6, 6.07) is 8.23. The van der Waals surface area contributed by atoms with Crippen LogP contribution < -0.4 is 10.9 Å². The van der Waals surface area contributed by atoms with Crippen molar-refractivity contribution in [3.63, 3.8) is 0 Å². The zero-order valence-corrected chi connectivity index (χ0v) is 15.6. The maximum Gasteiger partial charge on any atom is 0.255 e. The summed E-state index contributed by atoms with van der Waals surface area (Å²) in [7, 11) is 0. The SMILES string of the molecule is Cc1cc(C#N)ccc1C(C)NC(=O)Cc1c(O)c2cc(F)c(F)cc2[nH]c1=O. The average molecular weight is 397 g/mol. The van der Waals surface area contributed by atoms with E-state index in [4.69, 9.17) is 5.26 Å². The minimum atomic E-state index is -1.18. The summed E-state index contributed by atoms with van der Waals surface area (Å²) in [4.78, 5) is 27.0. The summed E-state index contributed by atoms with van der Waals surface area (Å²) >= 11 is 0. The van der Waals surface area contributed by atoms with Gasteiger partial charge in [0, 0.05) is 11.5 Å². The molecule has 1 aromatic heterocycles. The number of nitrogens with one attached hydrogen (secondary N) is 2. The van der Waals surface area contributed by atoms with Gasteiger partial charge in [-0.3, -0.25) is 9.59 Å². The van der Waals surface area contributed by atoms with E-state index in [0.29, 0.717) is 5.56 Å². The van der Waals surface area contributed by atoms with E-state index in [1.807, 2.05) is 13.0 Å². The van der Waals surface area contributed by atoms with E-state index in [-0.39, 0.29) is 16.5 Å². The molecule has 2 aromatic carbocycles. The lowest BCUT2D eigenvalue weighted by molar-refractivity contribution is -0.121. The lowest BCUT2D eigenvalue weighted by Gasteiger charge is -2.17. The summed E-state index contributed by atoms with van der Waals surface area (Å²) in [5, 5.41) is 21.9. The van der Waals surface area contributed by atoms with Gasteiger partial charge in [-0.1, -0.05) is 6.07 Å². The summed E-state index contributed by atoms with van der Waals surface area (Å²) < 4.78 is 26.8. The Bertz CT molecular complexity index is 1230. The third kappa shape index (κ3) is 3.94. The molecule has 1 atom stereocenters. The third-order valence-corrected chi connectivity index (χ3v) is 4.70. The zero-order valence-electron chi connectivity index (χ0n) is 15.6. The van der Waals surface area contributed by atoms with Gasteiger partial charge in [0.05, 0.1) is 35.2 Å². The number of aromatic amines is 1. The van der Waals surface area contributed by atoms with Crippen molar-refractivity contribution in [3.05, 3.63) is 74.6 Å². The van der Waals surface area contributed by atoms with Crippen molar-refractivity contribution < 1.29 is 18.7 Å². The molecule has 3 aromatic rings. The fourth-order valence-electron chi connectivity index (χ4n) is 3.24. The van der Waals surface area contributed by atoms with Gasteiger partial charge in [-0.05, 0) is 43.2 Å². The molecule has 1 amide bonds. The van der Waals surface area contributed by atoms with Crippen LogP contribution in [-0.4, -0.2) is 16.0 Å². The van der Waals surface area contributed by atoms with Gasteiger partial charge < -0.3 is 15.4 Å². The molecule has 1 heterocycles. The number of aromatic hydroxyl groups is 1. The number of nitriles is 1. The van der Waals surface area contributed by atoms with Crippen molar-refractivity contribution in [2.45, 2.75) is 26.3 Å². The fraction of sp³-hybridized carbons (Fsp3) is 0.190. The quantitative estimate of drug-likeness (QED) is 0.629. The minimum Gasteiger partial charge on any atom is -0.507 e. The van der Waals surface area contributed by atoms with Gasteiger partial charge in [0.15, 0.2) is 11.6 Å². The van der Waals surface area contributed by atoms with Crippen LogP contribution in [0.1, 0.15) is 35.2 Å². The van der Waals surface area contributed by atoms with Crippen LogP contribution in [0.2, 0.25) is 0 Å². The van der Waals surface area contributed by atoms with Crippen molar-refractivity contribution >= 4 is 16.8 Å². The van der Waals surface area contributed by atoms with E-state index < -0.39 is 41.3 Å². The van der Waals surface area contributed by atoms with Gasteiger partial charge in [-0.15, -0.1) is 0 Å². The van der Waals surface area contributed by atoms with E-state index >= 15 is 0 Å². The second kappa shape index (κ2) is 7.72. The number of hydrogen-bond acceptors (Lipinski definition) is 4. The molecule has 1 unspecified atom stereocenters. The maximum absolute atomic E-state index is 13.5. The highest BCUT2D eigenvalue weighted by molar-refractivity contribution is 5.88. The molecule has 148 valence electrons. The zero-order chi connectivity index (χ0) is 21.3. The van der Waals surface area contributed by atoms with Crippen LogP contribution >= 0.6 is 0 Å². The van der Waals surface area contributed by atoms with Crippen molar-refractivity contribution in [1.82, 2.24) is 10.3 Å². The van der Waals surface area contributed by atoms with Crippen LogP contribution in [-0.2, 0) is 11.2 Å². The van der Waals surface area contributed by atoms with Crippen LogP contribution in [0.5, 0.6) is 5.75 Å². The van der Waals surface area contributed by atoms with Gasteiger partial charge in [0.2, 0.25) is 5.91 Å². The molecule has 0 aliphatic rings. The molecule has 0 fully saturated rings. The van der Waals surface area contributed by atoms with E-state index in [1.165, 1.54) is 0 Å². The number of hydrogen-bond donors (Lipinski definition) is 3. The van der Waals surface area contributed by atoms with Gasteiger partial charge in [0.1, 0.15) is 5.75 Å². The first-order valence-electron chi connectivity index (χ1n) is 8.74. The first-order valence-corrected chi connectivity index (χ1v) is 8.74. The van der Waals surface area contributed by atoms with Gasteiger partial charge in [0.25, 0.3) is 5.56 Å². The summed E-state index contributed by atoms with van der Waals surface area (Å²) in [5.74, 6) is -3.45. The van der Waals surface area contributed by atoms with E-state index in [1.54, 1.807) is 25.1 Å². The molecule has 0 bridgehead atoms. The molecule has 0 aliphatic heterocycles. The predicted molar refractivity (Wildman–Crippen MR) is 102 cm³/mol. The molecule has 0 radical (unpaired) electrons. The number of rotatable bonds is 4. The first kappa shape index (κ1) is 20.0. The summed E-state index contributed by atoms with van der Waals surface area (Å²) in [6.07, 6.45) is -0.449. The Morgan fingerprint density at radius 2 is 1.97 bits per heavy atom. The molecule has 3 rings (SSSR count). The number of amides is 1. The highest BCUT2D eigenvalue weighted by atomic mass is 19.2. The number of benzene rings is 2. The Balaban J connectivity index is 1.85. The topological polar surface area (TPSA) is 106 Å². The van der Waals surface area contributed by atoms with E-state index in [2.05, 4.69) is 10.3 Å². The average Bonchev–Trinajstić information content (AvgIpc) is 2.66. The lowest BCUT2D eigenvalue weighted by atomic mass is 10.00. The summed E-state index contributed by atoms with van der Waals surface area (Å²) in [5.41, 5.74) is 1.04. The van der Waals surface area contributed by atoms with E-state index in [0.717, 1.165) is 23.3 Å². The van der Waals surface area contributed by atoms with Crippen LogP contribution in [0.4, 0.5) is 8.78 Å². The molecule has 0 saturated heterocycles. The second-order valence-electron chi connectivity index (χ2n) is 6.74. The smallest absolute Gasteiger partial charge is 0.255 e. The van der Waals surface area contributed by atoms with Crippen molar-refractivity contribution in [1.29, 1.82) is 5.26 Å². The molecule has 8 heteroatoms. The second-order valence-corrected chi connectivity index (χ2v) is 6.74. The Hall–Kier alpha value is -3.73. The van der Waals surface area contributed by atoms with Crippen molar-refractivity contribution in [3.8, 4) is 11.8 Å². The third-order valence-electron chi connectivity index (χ3n) is 4.70. The van der Waals surface area contributed by atoms with E-state index in [9.17, 15) is 23.5 Å².